The maximum atomic E-state index is 13.4. The number of ether oxygens (including phenoxy) is 1. The van der Waals surface area contributed by atoms with Crippen LogP contribution in [0.15, 0.2) is 18.2 Å². The minimum Gasteiger partial charge on any atom is -0.494 e. The average Bonchev–Trinajstić information content (AvgIpc) is 2.26. The van der Waals surface area contributed by atoms with E-state index in [1.54, 1.807) is 6.07 Å². The van der Waals surface area contributed by atoms with Gasteiger partial charge >= 0.3 is 0 Å². The van der Waals surface area contributed by atoms with E-state index in [0.717, 1.165) is 0 Å². The largest absolute Gasteiger partial charge is 0.494 e. The van der Waals surface area contributed by atoms with Crippen molar-refractivity contribution < 1.29 is 18.8 Å². The van der Waals surface area contributed by atoms with E-state index in [9.17, 15) is 9.18 Å². The molecule has 5 heteroatoms. The number of carbonyl (C=O) groups excluding carboxylic acids is 1. The number of benzene rings is 1. The van der Waals surface area contributed by atoms with Gasteiger partial charge in [0.1, 0.15) is 0 Å². The molecule has 0 bridgehead atoms. The van der Waals surface area contributed by atoms with Gasteiger partial charge in [-0.1, -0.05) is 6.07 Å². The third-order valence-corrected chi connectivity index (χ3v) is 2.05. The lowest BCUT2D eigenvalue weighted by atomic mass is 10.1. The van der Waals surface area contributed by atoms with E-state index in [4.69, 9.17) is 9.57 Å². The van der Waals surface area contributed by atoms with Gasteiger partial charge in [-0.15, -0.1) is 0 Å². The molecule has 1 N–H and O–H groups in total. The summed E-state index contributed by atoms with van der Waals surface area (Å²) in [7, 11) is 1.39. The Morgan fingerprint density at radius 2 is 2.06 bits per heavy atom. The predicted octanol–water partition coefficient (Wildman–Crippen LogP) is 2.22. The molecule has 0 fully saturated rings. The van der Waals surface area contributed by atoms with Crippen molar-refractivity contribution >= 4 is 5.91 Å². The van der Waals surface area contributed by atoms with Crippen LogP contribution < -0.4 is 10.2 Å². The van der Waals surface area contributed by atoms with Gasteiger partial charge in [0.25, 0.3) is 0 Å². The molecule has 0 saturated carbocycles. The molecule has 4 nitrogen and oxygen atoms in total. The molecular weight excluding hydrogens is 237 g/mol. The number of hydrogen-bond acceptors (Lipinski definition) is 3. The number of carbonyl (C=O) groups is 1. The van der Waals surface area contributed by atoms with Gasteiger partial charge in [0.15, 0.2) is 11.6 Å². The molecule has 0 unspecified atom stereocenters. The highest BCUT2D eigenvalue weighted by atomic mass is 19.1. The van der Waals surface area contributed by atoms with Crippen LogP contribution in [0.3, 0.4) is 0 Å². The summed E-state index contributed by atoms with van der Waals surface area (Å²) in [5, 5.41) is 0. The quantitative estimate of drug-likeness (QED) is 0.839. The van der Waals surface area contributed by atoms with Crippen molar-refractivity contribution in [2.45, 2.75) is 32.8 Å². The Kier molecular flexibility index (Phi) is 4.67. The summed E-state index contributed by atoms with van der Waals surface area (Å²) in [6, 6.07) is 4.40. The van der Waals surface area contributed by atoms with Gasteiger partial charge in [-0.05, 0) is 38.5 Å². The van der Waals surface area contributed by atoms with E-state index in [1.165, 1.54) is 19.2 Å². The first-order valence-corrected chi connectivity index (χ1v) is 5.61. The maximum absolute atomic E-state index is 13.4. The van der Waals surface area contributed by atoms with Crippen LogP contribution in [-0.2, 0) is 16.1 Å². The minimum atomic E-state index is -0.487. The Morgan fingerprint density at radius 3 is 2.56 bits per heavy atom. The average molecular weight is 255 g/mol. The van der Waals surface area contributed by atoms with Gasteiger partial charge in [-0.2, -0.15) is 0 Å². The molecule has 0 aliphatic carbocycles. The van der Waals surface area contributed by atoms with E-state index in [2.05, 4.69) is 5.48 Å². The molecule has 0 aliphatic rings. The molecule has 0 radical (unpaired) electrons. The second kappa shape index (κ2) is 5.82. The van der Waals surface area contributed by atoms with Gasteiger partial charge < -0.3 is 4.74 Å². The van der Waals surface area contributed by atoms with Crippen molar-refractivity contribution in [3.63, 3.8) is 0 Å². The highest BCUT2D eigenvalue weighted by Gasteiger charge is 2.13. The van der Waals surface area contributed by atoms with Crippen molar-refractivity contribution in [1.29, 1.82) is 0 Å². The Balaban J connectivity index is 2.57. The lowest BCUT2D eigenvalue weighted by molar-refractivity contribution is -0.144. The minimum absolute atomic E-state index is 0.0526. The Hall–Kier alpha value is -1.62. The molecule has 100 valence electrons. The summed E-state index contributed by atoms with van der Waals surface area (Å²) in [5.41, 5.74) is 2.43. The van der Waals surface area contributed by atoms with E-state index < -0.39 is 11.4 Å². The number of hydrogen-bond donors (Lipinski definition) is 1. The second-order valence-electron chi connectivity index (χ2n) is 4.89. The maximum Gasteiger partial charge on any atom is 0.247 e. The highest BCUT2D eigenvalue weighted by Crippen LogP contribution is 2.17. The van der Waals surface area contributed by atoms with Crippen molar-refractivity contribution in [2.24, 2.45) is 0 Å². The van der Waals surface area contributed by atoms with E-state index in [-0.39, 0.29) is 18.1 Å². The summed E-state index contributed by atoms with van der Waals surface area (Å²) in [6.07, 6.45) is 0.0526. The molecule has 0 atom stereocenters. The highest BCUT2D eigenvalue weighted by molar-refractivity contribution is 5.77. The fraction of sp³-hybridized carbons (Fsp3) is 0.462. The number of rotatable bonds is 4. The van der Waals surface area contributed by atoms with Gasteiger partial charge in [-0.25, -0.2) is 9.87 Å². The third kappa shape index (κ3) is 4.71. The van der Waals surface area contributed by atoms with Crippen molar-refractivity contribution in [2.75, 3.05) is 7.11 Å². The molecular formula is C13H18FNO3. The van der Waals surface area contributed by atoms with Crippen LogP contribution in [-0.4, -0.2) is 18.6 Å². The fourth-order valence-electron chi connectivity index (χ4n) is 1.25. The summed E-state index contributed by atoms with van der Waals surface area (Å²) < 4.78 is 18.2. The van der Waals surface area contributed by atoms with Crippen LogP contribution in [0.4, 0.5) is 4.39 Å². The van der Waals surface area contributed by atoms with Crippen LogP contribution in [0, 0.1) is 5.82 Å². The van der Waals surface area contributed by atoms with Crippen molar-refractivity contribution in [3.8, 4) is 5.75 Å². The normalized spacial score (nSPS) is 11.2. The lowest BCUT2D eigenvalue weighted by Crippen LogP contribution is -2.34. The molecule has 1 aromatic rings. The predicted molar refractivity (Wildman–Crippen MR) is 65.6 cm³/mol. The number of methoxy groups -OCH3 is 1. The third-order valence-electron chi connectivity index (χ3n) is 2.05. The molecule has 0 heterocycles. The van der Waals surface area contributed by atoms with Crippen LogP contribution in [0.2, 0.25) is 0 Å². The first kappa shape index (κ1) is 14.4. The first-order chi connectivity index (χ1) is 8.31. The zero-order valence-corrected chi connectivity index (χ0v) is 11.0. The smallest absolute Gasteiger partial charge is 0.247 e. The number of hydroxylamine groups is 1. The lowest BCUT2D eigenvalue weighted by Gasteiger charge is -2.18. The zero-order valence-electron chi connectivity index (χ0n) is 11.0. The monoisotopic (exact) mass is 255 g/mol. The number of halogens is 1. The van der Waals surface area contributed by atoms with Gasteiger partial charge in [-0.3, -0.25) is 9.63 Å². The molecule has 0 saturated heterocycles. The van der Waals surface area contributed by atoms with Crippen LogP contribution in [0.25, 0.3) is 0 Å². The number of amides is 1. The van der Waals surface area contributed by atoms with Crippen molar-refractivity contribution in [3.05, 3.63) is 29.6 Å². The van der Waals surface area contributed by atoms with Gasteiger partial charge in [0.05, 0.1) is 19.1 Å². The summed E-state index contributed by atoms with van der Waals surface area (Å²) in [5.74, 6) is -0.654. The number of nitrogens with one attached hydrogen (secondary N) is 1. The first-order valence-electron chi connectivity index (χ1n) is 5.61. The Bertz CT molecular complexity index is 427. The van der Waals surface area contributed by atoms with E-state index >= 15 is 0 Å². The zero-order chi connectivity index (χ0) is 13.8. The molecule has 1 rings (SSSR count). The van der Waals surface area contributed by atoms with Gasteiger partial charge in [0.2, 0.25) is 5.91 Å². The standard InChI is InChI=1S/C13H18FNO3/c1-13(2,3)18-15-12(16)8-9-5-6-11(17-4)10(14)7-9/h5-7H,8H2,1-4H3,(H,15,16). The van der Waals surface area contributed by atoms with Crippen LogP contribution in [0.5, 0.6) is 5.75 Å². The molecule has 0 spiro atoms. The molecule has 0 aliphatic heterocycles. The van der Waals surface area contributed by atoms with Crippen LogP contribution in [0.1, 0.15) is 26.3 Å². The summed E-state index contributed by atoms with van der Waals surface area (Å²) in [6.45, 7) is 5.46. The molecule has 18 heavy (non-hydrogen) atoms. The van der Waals surface area contributed by atoms with Crippen molar-refractivity contribution in [1.82, 2.24) is 5.48 Å². The summed E-state index contributed by atoms with van der Waals surface area (Å²) >= 11 is 0. The van der Waals surface area contributed by atoms with Crippen LogP contribution >= 0.6 is 0 Å². The molecule has 1 aromatic carbocycles. The fourth-order valence-corrected chi connectivity index (χ4v) is 1.25. The molecule has 0 aromatic heterocycles. The Morgan fingerprint density at radius 1 is 1.39 bits per heavy atom. The van der Waals surface area contributed by atoms with E-state index in [0.29, 0.717) is 5.56 Å². The topological polar surface area (TPSA) is 47.6 Å². The Labute approximate surface area is 106 Å². The van der Waals surface area contributed by atoms with Gasteiger partial charge in [0, 0.05) is 0 Å². The summed E-state index contributed by atoms with van der Waals surface area (Å²) in [4.78, 5) is 16.7. The van der Waals surface area contributed by atoms with E-state index in [1.807, 2.05) is 20.8 Å². The molecule has 1 amide bonds. The second-order valence-corrected chi connectivity index (χ2v) is 4.89. The SMILES string of the molecule is COc1ccc(CC(=O)NOC(C)(C)C)cc1F.